The van der Waals surface area contributed by atoms with Crippen LogP contribution in [0.15, 0.2) is 36.4 Å². The molecule has 0 radical (unpaired) electrons. The number of aryl methyl sites for hydroxylation is 4. The zero-order valence-corrected chi connectivity index (χ0v) is 13.8. The van der Waals surface area contributed by atoms with E-state index in [9.17, 15) is 4.79 Å². The summed E-state index contributed by atoms with van der Waals surface area (Å²) < 4.78 is 0. The Morgan fingerprint density at radius 3 is 2.50 bits per heavy atom. The summed E-state index contributed by atoms with van der Waals surface area (Å²) in [7, 11) is 0. The van der Waals surface area contributed by atoms with Gasteiger partial charge in [0, 0.05) is 11.4 Å². The van der Waals surface area contributed by atoms with Crippen LogP contribution in [-0.4, -0.2) is 12.5 Å². The largest absolute Gasteiger partial charge is 0.376 e. The van der Waals surface area contributed by atoms with E-state index in [0.717, 1.165) is 23.4 Å². The Morgan fingerprint density at radius 2 is 1.82 bits per heavy atom. The smallest absolute Gasteiger partial charge is 0.243 e. The molecule has 0 spiro atoms. The molecule has 2 aromatic rings. The number of carbonyl (C=O) groups excluding carboxylic acids is 1. The summed E-state index contributed by atoms with van der Waals surface area (Å²) in [5.41, 5.74) is 6.62. The summed E-state index contributed by atoms with van der Waals surface area (Å²) in [5, 5.41) is 6.23. The third-order valence-electron chi connectivity index (χ3n) is 3.82. The van der Waals surface area contributed by atoms with Crippen molar-refractivity contribution in [2.45, 2.75) is 34.1 Å². The Bertz CT molecular complexity index is 677. The van der Waals surface area contributed by atoms with Crippen molar-refractivity contribution in [3.05, 3.63) is 58.7 Å². The quantitative estimate of drug-likeness (QED) is 0.867. The van der Waals surface area contributed by atoms with Crippen molar-refractivity contribution >= 4 is 17.3 Å². The molecule has 0 aliphatic heterocycles. The fourth-order valence-corrected chi connectivity index (χ4v) is 2.59. The summed E-state index contributed by atoms with van der Waals surface area (Å²) in [4.78, 5) is 12.2. The van der Waals surface area contributed by atoms with Crippen LogP contribution in [0.1, 0.15) is 29.2 Å². The number of amides is 1. The van der Waals surface area contributed by atoms with Crippen molar-refractivity contribution in [2.75, 3.05) is 17.2 Å². The van der Waals surface area contributed by atoms with Gasteiger partial charge in [-0.05, 0) is 49.9 Å². The summed E-state index contributed by atoms with van der Waals surface area (Å²) >= 11 is 0. The van der Waals surface area contributed by atoms with Crippen molar-refractivity contribution in [2.24, 2.45) is 0 Å². The summed E-state index contributed by atoms with van der Waals surface area (Å²) in [6.07, 6.45) is 0.947. The second-order valence-corrected chi connectivity index (χ2v) is 5.68. The first kappa shape index (κ1) is 16.1. The van der Waals surface area contributed by atoms with Crippen molar-refractivity contribution in [3.63, 3.8) is 0 Å². The second-order valence-electron chi connectivity index (χ2n) is 5.68. The van der Waals surface area contributed by atoms with Gasteiger partial charge in [0.25, 0.3) is 0 Å². The van der Waals surface area contributed by atoms with Crippen LogP contribution in [0, 0.1) is 20.8 Å². The first-order chi connectivity index (χ1) is 10.5. The lowest BCUT2D eigenvalue weighted by atomic mass is 10.1. The summed E-state index contributed by atoms with van der Waals surface area (Å²) in [6.45, 7) is 8.50. The lowest BCUT2D eigenvalue weighted by Crippen LogP contribution is -2.23. The van der Waals surface area contributed by atoms with Gasteiger partial charge in [-0.2, -0.15) is 0 Å². The van der Waals surface area contributed by atoms with Crippen LogP contribution < -0.4 is 10.6 Å². The minimum Gasteiger partial charge on any atom is -0.376 e. The molecule has 0 aliphatic carbocycles. The van der Waals surface area contributed by atoms with Crippen LogP contribution in [0.2, 0.25) is 0 Å². The first-order valence-electron chi connectivity index (χ1n) is 7.70. The van der Waals surface area contributed by atoms with Gasteiger partial charge < -0.3 is 10.6 Å². The molecule has 0 unspecified atom stereocenters. The number of rotatable bonds is 5. The average Bonchev–Trinajstić information content (AvgIpc) is 2.48. The predicted octanol–water partition coefficient (Wildman–Crippen LogP) is 4.22. The molecular weight excluding hydrogens is 272 g/mol. The van der Waals surface area contributed by atoms with E-state index in [1.807, 2.05) is 26.0 Å². The van der Waals surface area contributed by atoms with Crippen LogP contribution in [0.25, 0.3) is 0 Å². The van der Waals surface area contributed by atoms with E-state index in [0.29, 0.717) is 0 Å². The number of para-hydroxylation sites is 1. The standard InChI is InChI=1S/C19H24N2O/c1-5-16-8-6-7-14(3)19(16)20-12-18(22)21-17-10-9-13(2)11-15(17)4/h6-11,20H,5,12H2,1-4H3,(H,21,22). The van der Waals surface area contributed by atoms with Gasteiger partial charge >= 0.3 is 0 Å². The lowest BCUT2D eigenvalue weighted by Gasteiger charge is -2.14. The fourth-order valence-electron chi connectivity index (χ4n) is 2.59. The van der Waals surface area contributed by atoms with Gasteiger partial charge in [0.15, 0.2) is 0 Å². The highest BCUT2D eigenvalue weighted by Crippen LogP contribution is 2.21. The number of benzene rings is 2. The lowest BCUT2D eigenvalue weighted by molar-refractivity contribution is -0.114. The highest BCUT2D eigenvalue weighted by molar-refractivity contribution is 5.94. The maximum Gasteiger partial charge on any atom is 0.243 e. The maximum absolute atomic E-state index is 12.2. The molecule has 116 valence electrons. The predicted molar refractivity (Wildman–Crippen MR) is 93.6 cm³/mol. The SMILES string of the molecule is CCc1cccc(C)c1NCC(=O)Nc1ccc(C)cc1C. The zero-order chi connectivity index (χ0) is 16.1. The van der Waals surface area contributed by atoms with Crippen molar-refractivity contribution in [3.8, 4) is 0 Å². The molecule has 3 nitrogen and oxygen atoms in total. The van der Waals surface area contributed by atoms with E-state index in [1.54, 1.807) is 0 Å². The topological polar surface area (TPSA) is 41.1 Å². The minimum absolute atomic E-state index is 0.0303. The number of carbonyl (C=O) groups is 1. The van der Waals surface area contributed by atoms with E-state index < -0.39 is 0 Å². The third-order valence-corrected chi connectivity index (χ3v) is 3.82. The molecule has 0 fully saturated rings. The van der Waals surface area contributed by atoms with Crippen LogP contribution in [0.5, 0.6) is 0 Å². The van der Waals surface area contributed by atoms with E-state index in [-0.39, 0.29) is 12.5 Å². The monoisotopic (exact) mass is 296 g/mol. The fraction of sp³-hybridized carbons (Fsp3) is 0.316. The van der Waals surface area contributed by atoms with Gasteiger partial charge in [0.1, 0.15) is 0 Å². The Labute approximate surface area is 132 Å². The molecule has 2 N–H and O–H groups in total. The second kappa shape index (κ2) is 7.12. The number of anilines is 2. The van der Waals surface area contributed by atoms with Crippen LogP contribution in [-0.2, 0) is 11.2 Å². The Morgan fingerprint density at radius 1 is 1.05 bits per heavy atom. The Balaban J connectivity index is 2.02. The molecule has 0 saturated carbocycles. The van der Waals surface area contributed by atoms with Crippen LogP contribution in [0.4, 0.5) is 11.4 Å². The number of hydrogen-bond acceptors (Lipinski definition) is 2. The highest BCUT2D eigenvalue weighted by Gasteiger charge is 2.08. The first-order valence-corrected chi connectivity index (χ1v) is 7.70. The molecule has 0 aliphatic rings. The van der Waals surface area contributed by atoms with E-state index >= 15 is 0 Å². The molecule has 2 rings (SSSR count). The van der Waals surface area contributed by atoms with Gasteiger partial charge in [-0.15, -0.1) is 0 Å². The molecule has 0 heterocycles. The molecule has 0 atom stereocenters. The van der Waals surface area contributed by atoms with Crippen molar-refractivity contribution in [1.82, 2.24) is 0 Å². The van der Waals surface area contributed by atoms with Crippen LogP contribution >= 0.6 is 0 Å². The molecule has 2 aromatic carbocycles. The van der Waals surface area contributed by atoms with Crippen molar-refractivity contribution in [1.29, 1.82) is 0 Å². The minimum atomic E-state index is -0.0303. The molecule has 0 bridgehead atoms. The number of hydrogen-bond donors (Lipinski definition) is 2. The van der Waals surface area contributed by atoms with E-state index in [2.05, 4.69) is 48.7 Å². The van der Waals surface area contributed by atoms with Gasteiger partial charge in [-0.25, -0.2) is 0 Å². The van der Waals surface area contributed by atoms with Crippen molar-refractivity contribution < 1.29 is 4.79 Å². The molecule has 3 heteroatoms. The van der Waals surface area contributed by atoms with E-state index in [4.69, 9.17) is 0 Å². The summed E-state index contributed by atoms with van der Waals surface area (Å²) in [5.74, 6) is -0.0303. The zero-order valence-electron chi connectivity index (χ0n) is 13.8. The van der Waals surface area contributed by atoms with Gasteiger partial charge in [-0.3, -0.25) is 4.79 Å². The van der Waals surface area contributed by atoms with E-state index in [1.165, 1.54) is 16.7 Å². The molecular formula is C19H24N2O. The van der Waals surface area contributed by atoms with Gasteiger partial charge in [0.2, 0.25) is 5.91 Å². The number of nitrogens with one attached hydrogen (secondary N) is 2. The molecule has 22 heavy (non-hydrogen) atoms. The Kier molecular flexibility index (Phi) is 5.21. The molecule has 0 aromatic heterocycles. The average molecular weight is 296 g/mol. The summed E-state index contributed by atoms with van der Waals surface area (Å²) in [6, 6.07) is 12.2. The molecule has 1 amide bonds. The Hall–Kier alpha value is -2.29. The highest BCUT2D eigenvalue weighted by atomic mass is 16.1. The normalized spacial score (nSPS) is 10.4. The molecule has 0 saturated heterocycles. The maximum atomic E-state index is 12.2. The van der Waals surface area contributed by atoms with Crippen LogP contribution in [0.3, 0.4) is 0 Å². The van der Waals surface area contributed by atoms with Gasteiger partial charge in [0.05, 0.1) is 6.54 Å². The third kappa shape index (κ3) is 3.88. The van der Waals surface area contributed by atoms with Gasteiger partial charge in [-0.1, -0.05) is 42.8 Å².